The molecule has 1 aliphatic rings. The maximum atomic E-state index is 13.1. The van der Waals surface area contributed by atoms with E-state index in [1.807, 2.05) is 37.6 Å². The number of carboxylic acids is 1. The van der Waals surface area contributed by atoms with Crippen LogP contribution < -0.4 is 5.32 Å². The molecular weight excluding hydrogens is 376 g/mol. The number of carboxylic acid groups (broad SMARTS) is 1. The number of nitrogens with zero attached hydrogens (tertiary/aromatic N) is 3. The standard InChI is InChI=1S/C20H22N4O3S/c1-11-17-14(19(25)21-13-7-5-12(6-8-13)20(26)27)10-15(16-4-3-9-28-16)22-18(17)24(2)23-11/h3-4,9-10,12-13H,5-8H2,1-2H3,(H,21,25)(H,26,27). The van der Waals surface area contributed by atoms with Gasteiger partial charge in [0.1, 0.15) is 0 Å². The molecule has 0 aromatic carbocycles. The third kappa shape index (κ3) is 3.40. The van der Waals surface area contributed by atoms with E-state index in [0.29, 0.717) is 36.9 Å². The summed E-state index contributed by atoms with van der Waals surface area (Å²) in [7, 11) is 1.83. The van der Waals surface area contributed by atoms with E-state index in [1.54, 1.807) is 16.0 Å². The van der Waals surface area contributed by atoms with Crippen molar-refractivity contribution in [1.29, 1.82) is 0 Å². The minimum Gasteiger partial charge on any atom is -0.481 e. The zero-order valence-electron chi connectivity index (χ0n) is 15.8. The van der Waals surface area contributed by atoms with Gasteiger partial charge >= 0.3 is 5.97 Å². The van der Waals surface area contributed by atoms with Crippen molar-refractivity contribution in [3.05, 3.63) is 34.8 Å². The fourth-order valence-corrected chi connectivity index (χ4v) is 4.61. The molecular formula is C20H22N4O3S. The molecule has 1 saturated carbocycles. The highest BCUT2D eigenvalue weighted by Gasteiger charge is 2.28. The highest BCUT2D eigenvalue weighted by Crippen LogP contribution is 2.30. The van der Waals surface area contributed by atoms with E-state index >= 15 is 0 Å². The second-order valence-corrected chi connectivity index (χ2v) is 8.25. The zero-order valence-corrected chi connectivity index (χ0v) is 16.6. The van der Waals surface area contributed by atoms with Crippen LogP contribution in [-0.2, 0) is 11.8 Å². The third-order valence-corrected chi connectivity index (χ3v) is 6.29. The Morgan fingerprint density at radius 1 is 1.29 bits per heavy atom. The number of thiophene rings is 1. The van der Waals surface area contributed by atoms with Crippen molar-refractivity contribution < 1.29 is 14.7 Å². The van der Waals surface area contributed by atoms with Crippen molar-refractivity contribution in [2.24, 2.45) is 13.0 Å². The number of aryl methyl sites for hydroxylation is 2. The largest absolute Gasteiger partial charge is 0.481 e. The zero-order chi connectivity index (χ0) is 19.8. The van der Waals surface area contributed by atoms with Crippen molar-refractivity contribution in [2.45, 2.75) is 38.6 Å². The first kappa shape index (κ1) is 18.6. The number of carbonyl (C=O) groups excluding carboxylic acids is 1. The molecule has 7 nitrogen and oxygen atoms in total. The Morgan fingerprint density at radius 3 is 2.68 bits per heavy atom. The minimum atomic E-state index is -0.743. The number of pyridine rings is 1. The van der Waals surface area contributed by atoms with E-state index in [2.05, 4.69) is 10.4 Å². The smallest absolute Gasteiger partial charge is 0.306 e. The third-order valence-electron chi connectivity index (χ3n) is 5.40. The molecule has 1 amide bonds. The fourth-order valence-electron chi connectivity index (χ4n) is 3.92. The second kappa shape index (κ2) is 7.35. The van der Waals surface area contributed by atoms with Crippen molar-refractivity contribution in [3.63, 3.8) is 0 Å². The van der Waals surface area contributed by atoms with Crippen LogP contribution in [0.1, 0.15) is 41.7 Å². The number of aromatic nitrogens is 3. The molecule has 3 aromatic heterocycles. The molecule has 146 valence electrons. The van der Waals surface area contributed by atoms with Crippen LogP contribution in [0.5, 0.6) is 0 Å². The topological polar surface area (TPSA) is 97.1 Å². The molecule has 28 heavy (non-hydrogen) atoms. The number of hydrogen-bond acceptors (Lipinski definition) is 5. The summed E-state index contributed by atoms with van der Waals surface area (Å²) in [5, 5.41) is 19.4. The highest BCUT2D eigenvalue weighted by molar-refractivity contribution is 7.13. The van der Waals surface area contributed by atoms with E-state index in [-0.39, 0.29) is 17.9 Å². The van der Waals surface area contributed by atoms with Gasteiger partial charge in [-0.3, -0.25) is 14.3 Å². The van der Waals surface area contributed by atoms with Gasteiger partial charge in [0.15, 0.2) is 5.65 Å². The van der Waals surface area contributed by atoms with Gasteiger partial charge in [0.05, 0.1) is 33.1 Å². The van der Waals surface area contributed by atoms with Crippen molar-refractivity contribution in [1.82, 2.24) is 20.1 Å². The molecule has 0 spiro atoms. The lowest BCUT2D eigenvalue weighted by Gasteiger charge is -2.27. The Balaban J connectivity index is 1.65. The quantitative estimate of drug-likeness (QED) is 0.702. The molecule has 2 N–H and O–H groups in total. The molecule has 1 aliphatic carbocycles. The second-order valence-electron chi connectivity index (χ2n) is 7.30. The normalized spacial score (nSPS) is 19.6. The van der Waals surface area contributed by atoms with Crippen LogP contribution in [0.3, 0.4) is 0 Å². The number of amides is 1. The van der Waals surface area contributed by atoms with E-state index < -0.39 is 5.97 Å². The van der Waals surface area contributed by atoms with Crippen LogP contribution in [0.4, 0.5) is 0 Å². The summed E-state index contributed by atoms with van der Waals surface area (Å²) in [6.07, 6.45) is 2.55. The molecule has 1 fully saturated rings. The average Bonchev–Trinajstić information content (AvgIpc) is 3.30. The predicted molar refractivity (Wildman–Crippen MR) is 107 cm³/mol. The van der Waals surface area contributed by atoms with E-state index in [9.17, 15) is 9.59 Å². The first-order chi connectivity index (χ1) is 13.4. The van der Waals surface area contributed by atoms with E-state index in [1.165, 1.54) is 0 Å². The maximum absolute atomic E-state index is 13.1. The SMILES string of the molecule is Cc1nn(C)c2nc(-c3cccs3)cc(C(=O)NC3CCC(C(=O)O)CC3)c12. The molecule has 3 heterocycles. The summed E-state index contributed by atoms with van der Waals surface area (Å²) in [6, 6.07) is 5.77. The van der Waals surface area contributed by atoms with Crippen LogP contribution in [0.25, 0.3) is 21.6 Å². The monoisotopic (exact) mass is 398 g/mol. The number of fused-ring (bicyclic) bond motifs is 1. The van der Waals surface area contributed by atoms with Gasteiger partial charge in [-0.25, -0.2) is 4.98 Å². The first-order valence-corrected chi connectivity index (χ1v) is 10.2. The molecule has 4 rings (SSSR count). The molecule has 0 radical (unpaired) electrons. The Morgan fingerprint density at radius 2 is 2.04 bits per heavy atom. The lowest BCUT2D eigenvalue weighted by molar-refractivity contribution is -0.142. The summed E-state index contributed by atoms with van der Waals surface area (Å²) >= 11 is 1.58. The Bertz CT molecular complexity index is 1030. The molecule has 3 aromatic rings. The highest BCUT2D eigenvalue weighted by atomic mass is 32.1. The number of hydrogen-bond donors (Lipinski definition) is 2. The Labute approximate surface area is 166 Å². The van der Waals surface area contributed by atoms with Crippen molar-refractivity contribution in [2.75, 3.05) is 0 Å². The van der Waals surface area contributed by atoms with E-state index in [4.69, 9.17) is 10.1 Å². The van der Waals surface area contributed by atoms with Crippen molar-refractivity contribution in [3.8, 4) is 10.6 Å². The molecule has 0 bridgehead atoms. The van der Waals surface area contributed by atoms with Crippen LogP contribution in [0, 0.1) is 12.8 Å². The predicted octanol–water partition coefficient (Wildman–Crippen LogP) is 3.38. The Kier molecular flexibility index (Phi) is 4.89. The van der Waals surface area contributed by atoms with Crippen LogP contribution in [0.2, 0.25) is 0 Å². The maximum Gasteiger partial charge on any atom is 0.306 e. The fraction of sp³-hybridized carbons (Fsp3) is 0.400. The van der Waals surface area contributed by atoms with Crippen LogP contribution >= 0.6 is 11.3 Å². The van der Waals surface area contributed by atoms with Gasteiger partial charge in [-0.15, -0.1) is 11.3 Å². The van der Waals surface area contributed by atoms with Gasteiger partial charge in [-0.2, -0.15) is 5.10 Å². The summed E-state index contributed by atoms with van der Waals surface area (Å²) in [5.74, 6) is -1.20. The lowest BCUT2D eigenvalue weighted by Crippen LogP contribution is -2.38. The summed E-state index contributed by atoms with van der Waals surface area (Å²) in [6.45, 7) is 1.88. The number of aliphatic carboxylic acids is 1. The van der Waals surface area contributed by atoms with E-state index in [0.717, 1.165) is 21.7 Å². The molecule has 0 atom stereocenters. The van der Waals surface area contributed by atoms with Crippen molar-refractivity contribution >= 4 is 34.2 Å². The average molecular weight is 398 g/mol. The molecule has 0 saturated heterocycles. The van der Waals surface area contributed by atoms with Gasteiger partial charge in [0.2, 0.25) is 0 Å². The summed E-state index contributed by atoms with van der Waals surface area (Å²) in [5.41, 5.74) is 2.77. The first-order valence-electron chi connectivity index (χ1n) is 9.36. The van der Waals surface area contributed by atoms with Gasteiger partial charge in [0.25, 0.3) is 5.91 Å². The van der Waals surface area contributed by atoms with Crippen LogP contribution in [0.15, 0.2) is 23.6 Å². The number of carbonyl (C=O) groups is 2. The van der Waals surface area contributed by atoms with Gasteiger partial charge in [0, 0.05) is 13.1 Å². The van der Waals surface area contributed by atoms with Gasteiger partial charge in [-0.1, -0.05) is 6.07 Å². The molecule has 0 aliphatic heterocycles. The number of nitrogens with one attached hydrogen (secondary N) is 1. The lowest BCUT2D eigenvalue weighted by atomic mass is 9.86. The summed E-state index contributed by atoms with van der Waals surface area (Å²) < 4.78 is 1.70. The molecule has 8 heteroatoms. The van der Waals surface area contributed by atoms with Crippen LogP contribution in [-0.4, -0.2) is 37.8 Å². The number of rotatable bonds is 4. The Hall–Kier alpha value is -2.74. The minimum absolute atomic E-state index is 0.00604. The molecule has 0 unspecified atom stereocenters. The summed E-state index contributed by atoms with van der Waals surface area (Å²) in [4.78, 5) is 30.0. The van der Waals surface area contributed by atoms with Gasteiger partial charge in [-0.05, 0) is 50.1 Å². The van der Waals surface area contributed by atoms with Gasteiger partial charge < -0.3 is 10.4 Å².